The van der Waals surface area contributed by atoms with Crippen molar-refractivity contribution in [3.8, 4) is 0 Å². The molecule has 2 N–H and O–H groups in total. The van der Waals surface area contributed by atoms with Crippen molar-refractivity contribution in [3.63, 3.8) is 0 Å². The van der Waals surface area contributed by atoms with E-state index >= 15 is 0 Å². The molecule has 2 aliphatic carbocycles. The van der Waals surface area contributed by atoms with Crippen molar-refractivity contribution in [3.05, 3.63) is 17.6 Å². The van der Waals surface area contributed by atoms with Crippen LogP contribution in [0.4, 0.5) is 5.82 Å². The maximum atomic E-state index is 6.01. The van der Waals surface area contributed by atoms with Gasteiger partial charge in [-0.1, -0.05) is 0 Å². The van der Waals surface area contributed by atoms with E-state index in [9.17, 15) is 0 Å². The van der Waals surface area contributed by atoms with Gasteiger partial charge in [-0.05, 0) is 45.4 Å². The van der Waals surface area contributed by atoms with E-state index < -0.39 is 0 Å². The van der Waals surface area contributed by atoms with Crippen LogP contribution < -0.4 is 5.73 Å². The fraction of sp³-hybridized carbons (Fsp3) is 0.714. The summed E-state index contributed by atoms with van der Waals surface area (Å²) in [7, 11) is 0. The highest BCUT2D eigenvalue weighted by atomic mass is 16.5. The van der Waals surface area contributed by atoms with Gasteiger partial charge in [0.15, 0.2) is 5.82 Å². The number of nitrogens with two attached hydrogens (primary N) is 1. The van der Waals surface area contributed by atoms with Crippen LogP contribution in [0.1, 0.15) is 62.9 Å². The van der Waals surface area contributed by atoms with Gasteiger partial charge in [0.05, 0.1) is 0 Å². The number of anilines is 1. The van der Waals surface area contributed by atoms with Crippen LogP contribution in [-0.2, 0) is 10.3 Å². The fourth-order valence-corrected chi connectivity index (χ4v) is 2.93. The van der Waals surface area contributed by atoms with Gasteiger partial charge in [0, 0.05) is 24.3 Å². The lowest BCUT2D eigenvalue weighted by molar-refractivity contribution is -0.0457. The first-order valence-corrected chi connectivity index (χ1v) is 7.02. The van der Waals surface area contributed by atoms with Gasteiger partial charge in [0.1, 0.15) is 11.4 Å². The Morgan fingerprint density at radius 1 is 1.33 bits per heavy atom. The smallest absolute Gasteiger partial charge is 0.162 e. The molecule has 0 bridgehead atoms. The van der Waals surface area contributed by atoms with E-state index in [1.165, 1.54) is 25.7 Å². The number of ether oxygens (including phenoxy) is 1. The predicted molar refractivity (Wildman–Crippen MR) is 70.2 cm³/mol. The third kappa shape index (κ3) is 2.09. The van der Waals surface area contributed by atoms with Gasteiger partial charge in [-0.25, -0.2) is 9.97 Å². The summed E-state index contributed by atoms with van der Waals surface area (Å²) in [6.45, 7) is 2.74. The van der Waals surface area contributed by atoms with Gasteiger partial charge in [0.2, 0.25) is 0 Å². The van der Waals surface area contributed by atoms with Crippen LogP contribution in [-0.4, -0.2) is 16.6 Å². The monoisotopic (exact) mass is 247 g/mol. The highest BCUT2D eigenvalue weighted by molar-refractivity contribution is 5.34. The minimum absolute atomic E-state index is 0.270. The molecular weight excluding hydrogens is 226 g/mol. The Balaban J connectivity index is 1.97. The third-order valence-electron chi connectivity index (χ3n) is 4.00. The maximum Gasteiger partial charge on any atom is 0.162 e. The average Bonchev–Trinajstić information content (AvgIpc) is 3.10. The van der Waals surface area contributed by atoms with E-state index in [2.05, 4.69) is 4.98 Å². The topological polar surface area (TPSA) is 61.0 Å². The molecule has 0 radical (unpaired) electrons. The zero-order chi connectivity index (χ0) is 12.6. The van der Waals surface area contributed by atoms with Crippen LogP contribution in [0.2, 0.25) is 0 Å². The van der Waals surface area contributed by atoms with Gasteiger partial charge >= 0.3 is 0 Å². The molecule has 3 rings (SSSR count). The highest BCUT2D eigenvalue weighted by Crippen LogP contribution is 2.43. The minimum Gasteiger partial charge on any atom is -0.384 e. The van der Waals surface area contributed by atoms with Crippen LogP contribution in [0.3, 0.4) is 0 Å². The van der Waals surface area contributed by atoms with Gasteiger partial charge in [-0.3, -0.25) is 0 Å². The van der Waals surface area contributed by atoms with Gasteiger partial charge < -0.3 is 10.5 Å². The van der Waals surface area contributed by atoms with Crippen LogP contribution in [0.5, 0.6) is 0 Å². The summed E-state index contributed by atoms with van der Waals surface area (Å²) in [5.41, 5.74) is 6.79. The molecule has 1 aromatic heterocycles. The molecule has 4 nitrogen and oxygen atoms in total. The summed E-state index contributed by atoms with van der Waals surface area (Å²) in [6, 6.07) is 1.93. The summed E-state index contributed by atoms with van der Waals surface area (Å²) in [4.78, 5) is 9.21. The lowest BCUT2D eigenvalue weighted by Crippen LogP contribution is -2.29. The molecule has 98 valence electrons. The first kappa shape index (κ1) is 11.9. The summed E-state index contributed by atoms with van der Waals surface area (Å²) in [5, 5.41) is 0. The number of nitrogens with zero attached hydrogens (tertiary/aromatic N) is 2. The van der Waals surface area contributed by atoms with E-state index in [-0.39, 0.29) is 5.60 Å². The maximum absolute atomic E-state index is 6.01. The van der Waals surface area contributed by atoms with Crippen LogP contribution in [0, 0.1) is 0 Å². The van der Waals surface area contributed by atoms with E-state index in [4.69, 9.17) is 15.5 Å². The molecule has 1 aromatic rings. The summed E-state index contributed by atoms with van der Waals surface area (Å²) < 4.78 is 6.01. The minimum atomic E-state index is -0.270. The van der Waals surface area contributed by atoms with E-state index in [0.29, 0.717) is 18.3 Å². The molecule has 1 heterocycles. The Labute approximate surface area is 108 Å². The van der Waals surface area contributed by atoms with E-state index in [1.54, 1.807) is 0 Å². The lowest BCUT2D eigenvalue weighted by Gasteiger charge is -2.27. The highest BCUT2D eigenvalue weighted by Gasteiger charge is 2.40. The summed E-state index contributed by atoms with van der Waals surface area (Å²) >= 11 is 0. The third-order valence-corrected chi connectivity index (χ3v) is 4.00. The fourth-order valence-electron chi connectivity index (χ4n) is 2.93. The van der Waals surface area contributed by atoms with Crippen molar-refractivity contribution in [2.75, 3.05) is 12.3 Å². The molecule has 2 fully saturated rings. The van der Waals surface area contributed by atoms with Crippen molar-refractivity contribution < 1.29 is 4.74 Å². The van der Waals surface area contributed by atoms with Gasteiger partial charge in [-0.2, -0.15) is 0 Å². The second-order valence-electron chi connectivity index (χ2n) is 5.45. The lowest BCUT2D eigenvalue weighted by atomic mass is 10.0. The van der Waals surface area contributed by atoms with Crippen molar-refractivity contribution in [1.29, 1.82) is 0 Å². The van der Waals surface area contributed by atoms with E-state index in [1.807, 2.05) is 13.0 Å². The number of nitrogen functional groups attached to an aromatic ring is 1. The normalized spacial score (nSPS) is 22.3. The quantitative estimate of drug-likeness (QED) is 0.888. The molecule has 0 saturated heterocycles. The first-order valence-electron chi connectivity index (χ1n) is 7.02. The molecular formula is C14H21N3O. The molecule has 4 heteroatoms. The Morgan fingerprint density at radius 2 is 2.06 bits per heavy atom. The van der Waals surface area contributed by atoms with Crippen LogP contribution in [0.25, 0.3) is 0 Å². The van der Waals surface area contributed by atoms with Gasteiger partial charge in [-0.15, -0.1) is 0 Å². The molecule has 0 aliphatic heterocycles. The van der Waals surface area contributed by atoms with Crippen molar-refractivity contribution in [2.45, 2.75) is 57.0 Å². The molecule has 0 amide bonds. The number of hydrogen-bond acceptors (Lipinski definition) is 4. The number of hydrogen-bond donors (Lipinski definition) is 1. The summed E-state index contributed by atoms with van der Waals surface area (Å²) in [5.74, 6) is 2.02. The summed E-state index contributed by atoms with van der Waals surface area (Å²) in [6.07, 6.45) is 6.89. The predicted octanol–water partition coefficient (Wildman–Crippen LogP) is 2.74. The number of aromatic nitrogens is 2. The Hall–Kier alpha value is -1.16. The van der Waals surface area contributed by atoms with Crippen LogP contribution in [0.15, 0.2) is 6.07 Å². The molecule has 2 aliphatic rings. The average molecular weight is 247 g/mol. The van der Waals surface area contributed by atoms with Crippen molar-refractivity contribution in [1.82, 2.24) is 9.97 Å². The molecule has 18 heavy (non-hydrogen) atoms. The largest absolute Gasteiger partial charge is 0.384 e. The Morgan fingerprint density at radius 3 is 2.67 bits per heavy atom. The second kappa shape index (κ2) is 4.50. The Bertz CT molecular complexity index is 437. The zero-order valence-electron chi connectivity index (χ0n) is 11.0. The SMILES string of the molecule is CCOC1(c2nc(N)cc(C3CC3)n2)CCCC1. The Kier molecular flexibility index (Phi) is 2.98. The van der Waals surface area contributed by atoms with Crippen LogP contribution >= 0.6 is 0 Å². The molecule has 0 unspecified atom stereocenters. The zero-order valence-corrected chi connectivity index (χ0v) is 11.0. The van der Waals surface area contributed by atoms with E-state index in [0.717, 1.165) is 24.4 Å². The molecule has 2 saturated carbocycles. The van der Waals surface area contributed by atoms with Crippen molar-refractivity contribution in [2.24, 2.45) is 0 Å². The standard InChI is InChI=1S/C14H21N3O/c1-2-18-14(7-3-4-8-14)13-16-11(10-5-6-10)9-12(15)17-13/h9-10H,2-8H2,1H3,(H2,15,16,17). The second-order valence-corrected chi connectivity index (χ2v) is 5.45. The van der Waals surface area contributed by atoms with Crippen molar-refractivity contribution >= 4 is 5.82 Å². The number of rotatable bonds is 4. The first-order chi connectivity index (χ1) is 8.73. The van der Waals surface area contributed by atoms with Gasteiger partial charge in [0.25, 0.3) is 0 Å². The molecule has 0 spiro atoms. The molecule has 0 aromatic carbocycles. The molecule has 0 atom stereocenters.